The third kappa shape index (κ3) is 3.43. The van der Waals surface area contributed by atoms with Crippen LogP contribution in [0.1, 0.15) is 12.0 Å². The van der Waals surface area contributed by atoms with Gasteiger partial charge in [0, 0.05) is 38.0 Å². The molecule has 0 aliphatic carbocycles. The maximum atomic E-state index is 6.35. The summed E-state index contributed by atoms with van der Waals surface area (Å²) >= 11 is 6.35. The lowest BCUT2D eigenvalue weighted by Gasteiger charge is -2.13. The Morgan fingerprint density at radius 1 is 1.19 bits per heavy atom. The van der Waals surface area contributed by atoms with Crippen LogP contribution in [0.15, 0.2) is 36.9 Å². The number of halogens is 1. The molecule has 1 N–H and O–H groups in total. The van der Waals surface area contributed by atoms with E-state index in [1.807, 2.05) is 29.8 Å². The van der Waals surface area contributed by atoms with Crippen LogP contribution in [0.3, 0.4) is 0 Å². The molecule has 0 bridgehead atoms. The van der Waals surface area contributed by atoms with Gasteiger partial charge in [0.05, 0.1) is 23.9 Å². The Kier molecular flexibility index (Phi) is 4.62. The van der Waals surface area contributed by atoms with E-state index in [0.29, 0.717) is 36.3 Å². The van der Waals surface area contributed by atoms with Crippen molar-refractivity contribution in [2.24, 2.45) is 7.05 Å². The standard InChI is InChI=1S/C18H18ClN5O2/c1-24-11-22-23-18(24)13-7-14(10-20-9-13)21-8-12-5-15(19)17-16(6-12)25-3-2-4-26-17/h5-7,9-11,21H,2-4,8H2,1H3. The van der Waals surface area contributed by atoms with E-state index in [2.05, 4.69) is 20.5 Å². The molecule has 1 aromatic carbocycles. The number of nitrogens with zero attached hydrogens (tertiary/aromatic N) is 4. The minimum atomic E-state index is 0.562. The van der Waals surface area contributed by atoms with Crippen LogP contribution in [0.5, 0.6) is 11.5 Å². The maximum Gasteiger partial charge on any atom is 0.179 e. The molecule has 0 atom stereocenters. The smallest absolute Gasteiger partial charge is 0.179 e. The van der Waals surface area contributed by atoms with E-state index < -0.39 is 0 Å². The molecule has 1 aliphatic rings. The van der Waals surface area contributed by atoms with Crippen LogP contribution in [-0.4, -0.2) is 33.0 Å². The number of anilines is 1. The van der Waals surface area contributed by atoms with Gasteiger partial charge in [0.25, 0.3) is 0 Å². The van der Waals surface area contributed by atoms with Crippen molar-refractivity contribution in [1.82, 2.24) is 19.7 Å². The number of rotatable bonds is 4. The van der Waals surface area contributed by atoms with Gasteiger partial charge in [-0.25, -0.2) is 0 Å². The van der Waals surface area contributed by atoms with Gasteiger partial charge in [-0.1, -0.05) is 11.6 Å². The van der Waals surface area contributed by atoms with Gasteiger partial charge in [-0.3, -0.25) is 4.98 Å². The quantitative estimate of drug-likeness (QED) is 0.758. The highest BCUT2D eigenvalue weighted by Gasteiger charge is 2.15. The van der Waals surface area contributed by atoms with Crippen molar-refractivity contribution in [3.05, 3.63) is 47.5 Å². The predicted octanol–water partition coefficient (Wildman–Crippen LogP) is 3.30. The van der Waals surface area contributed by atoms with Crippen LogP contribution in [0.2, 0.25) is 5.02 Å². The van der Waals surface area contributed by atoms with E-state index in [4.69, 9.17) is 21.1 Å². The number of ether oxygens (including phenoxy) is 2. The zero-order valence-corrected chi connectivity index (χ0v) is 15.0. The average molecular weight is 372 g/mol. The molecule has 3 heterocycles. The van der Waals surface area contributed by atoms with Crippen LogP contribution in [0, 0.1) is 0 Å². The van der Waals surface area contributed by atoms with Gasteiger partial charge >= 0.3 is 0 Å². The van der Waals surface area contributed by atoms with Gasteiger partial charge in [-0.2, -0.15) is 0 Å². The van der Waals surface area contributed by atoms with Crippen LogP contribution in [0.4, 0.5) is 5.69 Å². The highest BCUT2D eigenvalue weighted by atomic mass is 35.5. The summed E-state index contributed by atoms with van der Waals surface area (Å²) in [6.07, 6.45) is 6.04. The van der Waals surface area contributed by atoms with Gasteiger partial charge in [0.15, 0.2) is 17.3 Å². The van der Waals surface area contributed by atoms with Gasteiger partial charge < -0.3 is 19.4 Å². The van der Waals surface area contributed by atoms with Crippen molar-refractivity contribution in [3.8, 4) is 22.9 Å². The first-order chi connectivity index (χ1) is 12.7. The van der Waals surface area contributed by atoms with E-state index in [0.717, 1.165) is 29.1 Å². The number of aromatic nitrogens is 4. The van der Waals surface area contributed by atoms with Crippen LogP contribution < -0.4 is 14.8 Å². The molecule has 8 heteroatoms. The van der Waals surface area contributed by atoms with E-state index in [1.165, 1.54) is 0 Å². The fourth-order valence-corrected chi connectivity index (χ4v) is 3.08. The summed E-state index contributed by atoms with van der Waals surface area (Å²) in [5.41, 5.74) is 2.78. The first-order valence-corrected chi connectivity index (χ1v) is 8.70. The maximum absolute atomic E-state index is 6.35. The van der Waals surface area contributed by atoms with E-state index >= 15 is 0 Å². The Morgan fingerprint density at radius 2 is 2.08 bits per heavy atom. The van der Waals surface area contributed by atoms with E-state index in [9.17, 15) is 0 Å². The molecular formula is C18H18ClN5O2. The van der Waals surface area contributed by atoms with Crippen molar-refractivity contribution in [1.29, 1.82) is 0 Å². The highest BCUT2D eigenvalue weighted by molar-refractivity contribution is 6.32. The van der Waals surface area contributed by atoms with Crippen LogP contribution in [-0.2, 0) is 13.6 Å². The molecule has 0 radical (unpaired) electrons. The number of hydrogen-bond donors (Lipinski definition) is 1. The van der Waals surface area contributed by atoms with Crippen molar-refractivity contribution < 1.29 is 9.47 Å². The van der Waals surface area contributed by atoms with Crippen molar-refractivity contribution in [3.63, 3.8) is 0 Å². The first kappa shape index (κ1) is 16.7. The molecule has 2 aromatic heterocycles. The van der Waals surface area contributed by atoms with Gasteiger partial charge in [0.2, 0.25) is 0 Å². The number of nitrogens with one attached hydrogen (secondary N) is 1. The summed E-state index contributed by atoms with van der Waals surface area (Å²) in [4.78, 5) is 4.28. The SMILES string of the molecule is Cn1cnnc1-c1cncc(NCc2cc(Cl)c3c(c2)OCCCO3)c1. The van der Waals surface area contributed by atoms with Crippen LogP contribution in [0.25, 0.3) is 11.4 Å². The van der Waals surface area contributed by atoms with E-state index in [-0.39, 0.29) is 0 Å². The second-order valence-electron chi connectivity index (χ2n) is 6.04. The summed E-state index contributed by atoms with van der Waals surface area (Å²) in [6.45, 7) is 1.83. The second kappa shape index (κ2) is 7.21. The molecule has 0 fully saturated rings. The van der Waals surface area contributed by atoms with Gasteiger partial charge in [-0.05, 0) is 23.8 Å². The van der Waals surface area contributed by atoms with Gasteiger partial charge in [0.1, 0.15) is 6.33 Å². The Hall–Kier alpha value is -2.80. The Balaban J connectivity index is 1.52. The summed E-state index contributed by atoms with van der Waals surface area (Å²) in [6, 6.07) is 5.84. The molecule has 7 nitrogen and oxygen atoms in total. The minimum absolute atomic E-state index is 0.562. The summed E-state index contributed by atoms with van der Waals surface area (Å²) in [5.74, 6) is 2.08. The summed E-state index contributed by atoms with van der Waals surface area (Å²) in [7, 11) is 1.90. The third-order valence-corrected chi connectivity index (χ3v) is 4.35. The minimum Gasteiger partial charge on any atom is -0.489 e. The van der Waals surface area contributed by atoms with E-state index in [1.54, 1.807) is 18.7 Å². The number of pyridine rings is 1. The second-order valence-corrected chi connectivity index (χ2v) is 6.44. The fraction of sp³-hybridized carbons (Fsp3) is 0.278. The zero-order chi connectivity index (χ0) is 17.9. The lowest BCUT2D eigenvalue weighted by atomic mass is 10.2. The molecule has 26 heavy (non-hydrogen) atoms. The number of aryl methyl sites for hydroxylation is 1. The molecule has 1 aliphatic heterocycles. The molecule has 134 valence electrons. The topological polar surface area (TPSA) is 74.1 Å². The molecule has 0 saturated heterocycles. The fourth-order valence-electron chi connectivity index (χ4n) is 2.79. The first-order valence-electron chi connectivity index (χ1n) is 8.32. The molecule has 0 unspecified atom stereocenters. The Labute approximate surface area is 155 Å². The molecular weight excluding hydrogens is 354 g/mol. The van der Waals surface area contributed by atoms with Crippen LogP contribution >= 0.6 is 11.6 Å². The third-order valence-electron chi connectivity index (χ3n) is 4.07. The van der Waals surface area contributed by atoms with Gasteiger partial charge in [-0.15, -0.1) is 10.2 Å². The van der Waals surface area contributed by atoms with Crippen molar-refractivity contribution in [2.45, 2.75) is 13.0 Å². The Bertz CT molecular complexity index is 928. The summed E-state index contributed by atoms with van der Waals surface area (Å²) in [5, 5.41) is 11.9. The molecule has 3 aromatic rings. The largest absolute Gasteiger partial charge is 0.489 e. The van der Waals surface area contributed by atoms with Crippen molar-refractivity contribution in [2.75, 3.05) is 18.5 Å². The average Bonchev–Trinajstić information content (AvgIpc) is 2.93. The lowest BCUT2D eigenvalue weighted by Crippen LogP contribution is -2.02. The Morgan fingerprint density at radius 3 is 2.92 bits per heavy atom. The normalized spacial score (nSPS) is 13.3. The number of hydrogen-bond acceptors (Lipinski definition) is 6. The highest BCUT2D eigenvalue weighted by Crippen LogP contribution is 2.38. The van der Waals surface area contributed by atoms with Crippen molar-refractivity contribution >= 4 is 17.3 Å². The molecule has 0 saturated carbocycles. The summed E-state index contributed by atoms with van der Waals surface area (Å²) < 4.78 is 13.2. The molecule has 0 amide bonds. The molecule has 4 rings (SSSR count). The molecule has 0 spiro atoms. The number of benzene rings is 1. The number of fused-ring (bicyclic) bond motifs is 1. The predicted molar refractivity (Wildman–Crippen MR) is 98.6 cm³/mol. The lowest BCUT2D eigenvalue weighted by molar-refractivity contribution is 0.297. The zero-order valence-electron chi connectivity index (χ0n) is 14.3. The monoisotopic (exact) mass is 371 g/mol.